The van der Waals surface area contributed by atoms with Gasteiger partial charge in [0, 0.05) is 25.8 Å². The van der Waals surface area contributed by atoms with Crippen molar-refractivity contribution in [1.82, 2.24) is 4.90 Å². The van der Waals surface area contributed by atoms with Crippen LogP contribution in [0.25, 0.3) is 0 Å². The van der Waals surface area contributed by atoms with Crippen molar-refractivity contribution in [3.63, 3.8) is 0 Å². The lowest BCUT2D eigenvalue weighted by Crippen LogP contribution is -2.36. The van der Waals surface area contributed by atoms with Gasteiger partial charge in [-0.3, -0.25) is 4.79 Å². The zero-order chi connectivity index (χ0) is 14.3. The molecular weight excluding hydrogens is 242 g/mol. The molecule has 0 atom stereocenters. The lowest BCUT2D eigenvalue weighted by molar-refractivity contribution is 0.0656. The molecule has 0 unspecified atom stereocenters. The van der Waals surface area contributed by atoms with Gasteiger partial charge < -0.3 is 14.7 Å². The summed E-state index contributed by atoms with van der Waals surface area (Å²) in [5.41, 5.74) is 1.86. The summed E-state index contributed by atoms with van der Waals surface area (Å²) in [4.78, 5) is 13.9. The Hall–Kier alpha value is -1.39. The van der Waals surface area contributed by atoms with Crippen LogP contribution in [-0.4, -0.2) is 49.3 Å². The molecule has 0 radical (unpaired) electrons. The number of amides is 1. The maximum absolute atomic E-state index is 12.3. The molecule has 1 aromatic rings. The second-order valence-corrected chi connectivity index (χ2v) is 4.79. The lowest BCUT2D eigenvalue weighted by atomic mass is 10.0. The molecular formula is C15H23NO3. The SMILES string of the molecule is COCCN(CCO)C(=O)c1ccc(C(C)C)cc1. The standard InChI is InChI=1S/C15H23NO3/c1-12(2)13-4-6-14(7-5-13)15(18)16(8-10-17)9-11-19-3/h4-7,12,17H,8-11H2,1-3H3. The Bertz CT molecular complexity index is 387. The van der Waals surface area contributed by atoms with Gasteiger partial charge in [0.2, 0.25) is 0 Å². The van der Waals surface area contributed by atoms with Crippen molar-refractivity contribution in [2.75, 3.05) is 33.4 Å². The number of aliphatic hydroxyl groups is 1. The van der Waals surface area contributed by atoms with Crippen LogP contribution < -0.4 is 0 Å². The van der Waals surface area contributed by atoms with E-state index in [9.17, 15) is 4.79 Å². The third-order valence-corrected chi connectivity index (χ3v) is 3.05. The van der Waals surface area contributed by atoms with Crippen molar-refractivity contribution in [2.45, 2.75) is 19.8 Å². The maximum atomic E-state index is 12.3. The summed E-state index contributed by atoms with van der Waals surface area (Å²) in [7, 11) is 1.60. The van der Waals surface area contributed by atoms with Crippen molar-refractivity contribution < 1.29 is 14.6 Å². The number of aliphatic hydroxyl groups excluding tert-OH is 1. The second-order valence-electron chi connectivity index (χ2n) is 4.79. The number of ether oxygens (including phenoxy) is 1. The number of carbonyl (C=O) groups excluding carboxylic acids is 1. The quantitative estimate of drug-likeness (QED) is 0.819. The van der Waals surface area contributed by atoms with Crippen LogP contribution >= 0.6 is 0 Å². The highest BCUT2D eigenvalue weighted by atomic mass is 16.5. The van der Waals surface area contributed by atoms with Crippen molar-refractivity contribution in [3.8, 4) is 0 Å². The molecule has 0 aliphatic rings. The number of nitrogens with zero attached hydrogens (tertiary/aromatic N) is 1. The van der Waals surface area contributed by atoms with Gasteiger partial charge in [0.05, 0.1) is 13.2 Å². The number of hydrogen-bond acceptors (Lipinski definition) is 3. The molecule has 4 heteroatoms. The Morgan fingerprint density at radius 1 is 1.26 bits per heavy atom. The molecule has 0 aliphatic heterocycles. The van der Waals surface area contributed by atoms with Crippen LogP contribution in [0.5, 0.6) is 0 Å². The van der Waals surface area contributed by atoms with E-state index in [1.165, 1.54) is 5.56 Å². The Morgan fingerprint density at radius 3 is 2.37 bits per heavy atom. The van der Waals surface area contributed by atoms with Gasteiger partial charge in [-0.2, -0.15) is 0 Å². The van der Waals surface area contributed by atoms with E-state index in [1.54, 1.807) is 12.0 Å². The molecule has 4 nitrogen and oxygen atoms in total. The molecule has 19 heavy (non-hydrogen) atoms. The van der Waals surface area contributed by atoms with Crippen LogP contribution in [0.15, 0.2) is 24.3 Å². The lowest BCUT2D eigenvalue weighted by Gasteiger charge is -2.21. The number of benzene rings is 1. The summed E-state index contributed by atoms with van der Waals surface area (Å²) < 4.78 is 4.98. The summed E-state index contributed by atoms with van der Waals surface area (Å²) >= 11 is 0. The average molecular weight is 265 g/mol. The van der Waals surface area contributed by atoms with E-state index in [0.29, 0.717) is 31.2 Å². The first-order chi connectivity index (χ1) is 9.10. The number of carbonyl (C=O) groups is 1. The molecule has 0 saturated heterocycles. The molecule has 1 aromatic carbocycles. The third-order valence-electron chi connectivity index (χ3n) is 3.05. The van der Waals surface area contributed by atoms with Crippen molar-refractivity contribution in [2.24, 2.45) is 0 Å². The summed E-state index contributed by atoms with van der Waals surface area (Å²) in [6.07, 6.45) is 0. The van der Waals surface area contributed by atoms with E-state index in [4.69, 9.17) is 9.84 Å². The largest absolute Gasteiger partial charge is 0.395 e. The van der Waals surface area contributed by atoms with Gasteiger partial charge in [-0.1, -0.05) is 26.0 Å². The van der Waals surface area contributed by atoms with Gasteiger partial charge in [0.25, 0.3) is 5.91 Å². The minimum atomic E-state index is -0.0681. The highest BCUT2D eigenvalue weighted by molar-refractivity contribution is 5.94. The first-order valence-electron chi connectivity index (χ1n) is 6.59. The van der Waals surface area contributed by atoms with Crippen molar-refractivity contribution >= 4 is 5.91 Å². The second kappa shape index (κ2) is 7.92. The zero-order valence-corrected chi connectivity index (χ0v) is 11.9. The molecule has 1 amide bonds. The van der Waals surface area contributed by atoms with E-state index < -0.39 is 0 Å². The van der Waals surface area contributed by atoms with E-state index in [0.717, 1.165) is 0 Å². The third kappa shape index (κ3) is 4.65. The predicted molar refractivity (Wildman–Crippen MR) is 75.4 cm³/mol. The van der Waals surface area contributed by atoms with E-state index >= 15 is 0 Å². The molecule has 0 spiro atoms. The molecule has 0 bridgehead atoms. The fourth-order valence-electron chi connectivity index (χ4n) is 1.83. The van der Waals surface area contributed by atoms with E-state index in [-0.39, 0.29) is 12.5 Å². The van der Waals surface area contributed by atoms with Gasteiger partial charge in [-0.25, -0.2) is 0 Å². The number of hydrogen-bond donors (Lipinski definition) is 1. The minimum Gasteiger partial charge on any atom is -0.395 e. The van der Waals surface area contributed by atoms with Gasteiger partial charge in [-0.15, -0.1) is 0 Å². The molecule has 0 fully saturated rings. The Balaban J connectivity index is 2.77. The molecule has 1 N–H and O–H groups in total. The van der Waals surface area contributed by atoms with Gasteiger partial charge in [0.15, 0.2) is 0 Å². The molecule has 0 heterocycles. The Morgan fingerprint density at radius 2 is 1.89 bits per heavy atom. The highest BCUT2D eigenvalue weighted by Gasteiger charge is 2.15. The van der Waals surface area contributed by atoms with Crippen molar-refractivity contribution in [1.29, 1.82) is 0 Å². The smallest absolute Gasteiger partial charge is 0.254 e. The van der Waals surface area contributed by atoms with Crippen molar-refractivity contribution in [3.05, 3.63) is 35.4 Å². The molecule has 1 rings (SSSR count). The van der Waals surface area contributed by atoms with Gasteiger partial charge in [-0.05, 0) is 23.6 Å². The van der Waals surface area contributed by atoms with Crippen LogP contribution in [0.4, 0.5) is 0 Å². The van der Waals surface area contributed by atoms with Crippen LogP contribution in [0.3, 0.4) is 0 Å². The Labute approximate surface area is 115 Å². The summed E-state index contributed by atoms with van der Waals surface area (Å²) in [5, 5.41) is 9.01. The van der Waals surface area contributed by atoms with Crippen LogP contribution in [0.2, 0.25) is 0 Å². The van der Waals surface area contributed by atoms with Gasteiger partial charge >= 0.3 is 0 Å². The fraction of sp³-hybridized carbons (Fsp3) is 0.533. The van der Waals surface area contributed by atoms with E-state index in [1.807, 2.05) is 24.3 Å². The predicted octanol–water partition coefficient (Wildman–Crippen LogP) is 1.89. The monoisotopic (exact) mass is 265 g/mol. The molecule has 0 aliphatic carbocycles. The zero-order valence-electron chi connectivity index (χ0n) is 11.9. The topological polar surface area (TPSA) is 49.8 Å². The minimum absolute atomic E-state index is 0.0421. The Kier molecular flexibility index (Phi) is 6.53. The van der Waals surface area contributed by atoms with Gasteiger partial charge in [0.1, 0.15) is 0 Å². The number of rotatable bonds is 7. The van der Waals surface area contributed by atoms with Crippen LogP contribution in [-0.2, 0) is 4.74 Å². The average Bonchev–Trinajstić information content (AvgIpc) is 2.42. The van der Waals surface area contributed by atoms with Crippen LogP contribution in [0.1, 0.15) is 35.7 Å². The summed E-state index contributed by atoms with van der Waals surface area (Å²) in [6.45, 7) is 5.48. The first kappa shape index (κ1) is 15.7. The summed E-state index contributed by atoms with van der Waals surface area (Å²) in [6, 6.07) is 7.64. The summed E-state index contributed by atoms with van der Waals surface area (Å²) in [5.74, 6) is 0.382. The first-order valence-corrected chi connectivity index (χ1v) is 6.59. The fourth-order valence-corrected chi connectivity index (χ4v) is 1.83. The molecule has 0 saturated carbocycles. The molecule has 106 valence electrons. The molecule has 0 aromatic heterocycles. The normalized spacial score (nSPS) is 10.8. The maximum Gasteiger partial charge on any atom is 0.254 e. The number of methoxy groups -OCH3 is 1. The van der Waals surface area contributed by atoms with Crippen LogP contribution in [0, 0.1) is 0 Å². The highest BCUT2D eigenvalue weighted by Crippen LogP contribution is 2.15. The van der Waals surface area contributed by atoms with E-state index in [2.05, 4.69) is 13.8 Å².